The number of halogens is 1. The summed E-state index contributed by atoms with van der Waals surface area (Å²) in [7, 11) is 1.38. The number of ether oxygens (including phenoxy) is 3. The van der Waals surface area contributed by atoms with E-state index in [1.807, 2.05) is 42.5 Å². The van der Waals surface area contributed by atoms with Crippen molar-refractivity contribution in [1.82, 2.24) is 0 Å². The minimum atomic E-state index is -0.604. The molecule has 1 aliphatic rings. The highest BCUT2D eigenvalue weighted by Crippen LogP contribution is 2.43. The van der Waals surface area contributed by atoms with Crippen molar-refractivity contribution >= 4 is 17.6 Å². The van der Waals surface area contributed by atoms with Crippen LogP contribution in [0.3, 0.4) is 0 Å². The predicted octanol–water partition coefficient (Wildman–Crippen LogP) is 5.35. The van der Waals surface area contributed by atoms with Crippen molar-refractivity contribution in [3.05, 3.63) is 76.8 Å². The number of carbonyl (C=O) groups is 1. The number of hydrogen-bond donors (Lipinski definition) is 1. The first-order valence-electron chi connectivity index (χ1n) is 9.61. The number of methoxy groups -OCH3 is 1. The third-order valence-corrected chi connectivity index (χ3v) is 5.25. The monoisotopic (exact) mass is 416 g/mol. The molecule has 0 unspecified atom stereocenters. The van der Waals surface area contributed by atoms with E-state index in [-0.39, 0.29) is 23.7 Å². The summed E-state index contributed by atoms with van der Waals surface area (Å²) in [5.41, 5.74) is 1.49. The molecule has 1 aliphatic heterocycles. The fraction of sp³-hybridized carbons (Fsp3) is 0.348. The Morgan fingerprint density at radius 2 is 1.90 bits per heavy atom. The van der Waals surface area contributed by atoms with Gasteiger partial charge in [-0.15, -0.1) is 0 Å². The molecule has 0 aromatic heterocycles. The van der Waals surface area contributed by atoms with Crippen LogP contribution in [-0.2, 0) is 19.0 Å². The van der Waals surface area contributed by atoms with Crippen LogP contribution in [0.25, 0.3) is 0 Å². The average Bonchev–Trinajstić information content (AvgIpc) is 2.74. The van der Waals surface area contributed by atoms with E-state index in [0.717, 1.165) is 11.1 Å². The minimum absolute atomic E-state index is 0.0106. The molecule has 0 aliphatic carbocycles. The van der Waals surface area contributed by atoms with Crippen LogP contribution in [0.15, 0.2) is 60.7 Å². The van der Waals surface area contributed by atoms with Crippen molar-refractivity contribution in [2.24, 2.45) is 5.92 Å². The van der Waals surface area contributed by atoms with E-state index in [0.29, 0.717) is 30.9 Å². The fourth-order valence-corrected chi connectivity index (χ4v) is 3.58. The number of rotatable bonds is 7. The molecule has 6 heteroatoms. The van der Waals surface area contributed by atoms with Gasteiger partial charge in [-0.2, -0.15) is 0 Å². The van der Waals surface area contributed by atoms with Gasteiger partial charge in [0.05, 0.1) is 19.8 Å². The van der Waals surface area contributed by atoms with Gasteiger partial charge >= 0.3 is 5.97 Å². The molecule has 0 bridgehead atoms. The summed E-state index contributed by atoms with van der Waals surface area (Å²) in [4.78, 5) is 11.2. The zero-order chi connectivity index (χ0) is 20.6. The Morgan fingerprint density at radius 1 is 1.17 bits per heavy atom. The first-order chi connectivity index (χ1) is 14.1. The van der Waals surface area contributed by atoms with Gasteiger partial charge < -0.3 is 19.3 Å². The van der Waals surface area contributed by atoms with Crippen LogP contribution >= 0.6 is 11.6 Å². The van der Waals surface area contributed by atoms with Crippen molar-refractivity contribution in [2.75, 3.05) is 13.7 Å². The van der Waals surface area contributed by atoms with Crippen LogP contribution in [0.2, 0.25) is 5.02 Å². The topological polar surface area (TPSA) is 65.0 Å². The normalized spacial score (nSPS) is 21.9. The third-order valence-electron chi connectivity index (χ3n) is 4.91. The quantitative estimate of drug-likeness (QED) is 0.487. The largest absolute Gasteiger partial charge is 0.508 e. The average molecular weight is 417 g/mol. The van der Waals surface area contributed by atoms with Gasteiger partial charge in [0.15, 0.2) is 6.29 Å². The Bertz CT molecular complexity index is 851. The molecule has 5 nitrogen and oxygen atoms in total. The third kappa shape index (κ3) is 5.60. The van der Waals surface area contributed by atoms with E-state index in [2.05, 4.69) is 4.74 Å². The van der Waals surface area contributed by atoms with Gasteiger partial charge in [-0.05, 0) is 25.0 Å². The summed E-state index contributed by atoms with van der Waals surface area (Å²) in [5, 5.41) is 11.0. The lowest BCUT2D eigenvalue weighted by Crippen LogP contribution is -2.30. The van der Waals surface area contributed by atoms with Crippen LogP contribution < -0.4 is 0 Å². The Balaban J connectivity index is 1.74. The predicted molar refractivity (Wildman–Crippen MR) is 111 cm³/mol. The molecule has 29 heavy (non-hydrogen) atoms. The number of esters is 1. The summed E-state index contributed by atoms with van der Waals surface area (Å²) < 4.78 is 16.9. The number of benzene rings is 2. The molecule has 0 spiro atoms. The number of allylic oxidation sites excluding steroid dienone is 2. The maximum absolute atomic E-state index is 11.2. The summed E-state index contributed by atoms with van der Waals surface area (Å²) in [6.07, 6.45) is 4.67. The van der Waals surface area contributed by atoms with Gasteiger partial charge in [0.25, 0.3) is 0 Å². The van der Waals surface area contributed by atoms with Gasteiger partial charge in [0, 0.05) is 28.5 Å². The van der Waals surface area contributed by atoms with Gasteiger partial charge in [-0.1, -0.05) is 60.2 Å². The van der Waals surface area contributed by atoms with Gasteiger partial charge in [0.2, 0.25) is 0 Å². The van der Waals surface area contributed by atoms with Crippen LogP contribution in [0, 0.1) is 5.92 Å². The molecule has 0 saturated carbocycles. The van der Waals surface area contributed by atoms with Gasteiger partial charge in [-0.3, -0.25) is 4.79 Å². The van der Waals surface area contributed by atoms with E-state index in [4.69, 9.17) is 21.1 Å². The van der Waals surface area contributed by atoms with E-state index in [9.17, 15) is 9.90 Å². The number of carbonyl (C=O) groups excluding carboxylic acids is 1. The number of hydrogen-bond acceptors (Lipinski definition) is 5. The van der Waals surface area contributed by atoms with Crippen LogP contribution in [0.4, 0.5) is 0 Å². The van der Waals surface area contributed by atoms with Crippen molar-refractivity contribution in [3.63, 3.8) is 0 Å². The second kappa shape index (κ2) is 10.4. The molecule has 3 rings (SSSR count). The summed E-state index contributed by atoms with van der Waals surface area (Å²) in [5.74, 6) is -0.0259. The standard InChI is InChI=1S/C23H25ClO5/c1-27-21(26)14-4-2-3-9-16-15-28-23(17-10-5-7-12-19(17)24)29-22(16)18-11-6-8-13-20(18)25/h2-3,5-8,10-13,16,22-23,25H,4,9,14-15H2,1H3/t16-,22+,23+/m1/s1. The molecular weight excluding hydrogens is 392 g/mol. The maximum atomic E-state index is 11.2. The summed E-state index contributed by atoms with van der Waals surface area (Å²) in [6.45, 7) is 0.455. The van der Waals surface area contributed by atoms with Crippen LogP contribution in [0.5, 0.6) is 5.75 Å². The summed E-state index contributed by atoms with van der Waals surface area (Å²) >= 11 is 6.32. The Morgan fingerprint density at radius 3 is 2.62 bits per heavy atom. The zero-order valence-corrected chi connectivity index (χ0v) is 17.0. The highest BCUT2D eigenvalue weighted by molar-refractivity contribution is 6.31. The van der Waals surface area contributed by atoms with Gasteiger partial charge in [-0.25, -0.2) is 0 Å². The second-order valence-corrected chi connectivity index (χ2v) is 7.29. The molecule has 1 N–H and O–H groups in total. The molecular formula is C23H25ClO5. The molecule has 2 aromatic carbocycles. The van der Waals surface area contributed by atoms with E-state index < -0.39 is 6.29 Å². The number of phenols is 1. The fourth-order valence-electron chi connectivity index (χ4n) is 3.35. The summed E-state index contributed by atoms with van der Waals surface area (Å²) in [6, 6.07) is 14.6. The van der Waals surface area contributed by atoms with Crippen molar-refractivity contribution in [2.45, 2.75) is 31.7 Å². The molecule has 1 heterocycles. The van der Waals surface area contributed by atoms with Crippen molar-refractivity contribution < 1.29 is 24.1 Å². The van der Waals surface area contributed by atoms with E-state index in [1.54, 1.807) is 18.2 Å². The van der Waals surface area contributed by atoms with Crippen LogP contribution in [0.1, 0.15) is 42.8 Å². The first-order valence-corrected chi connectivity index (χ1v) is 9.99. The SMILES string of the molecule is COC(=O)CCC=CC[C@@H]1CO[C@H](c2ccccc2Cl)O[C@@H]1c1ccccc1O. The Kier molecular flexibility index (Phi) is 7.69. The molecule has 154 valence electrons. The maximum Gasteiger partial charge on any atom is 0.305 e. The minimum Gasteiger partial charge on any atom is -0.508 e. The first kappa shape index (κ1) is 21.4. The number of phenolic OH excluding ortho intramolecular Hbond substituents is 1. The Labute approximate surface area is 175 Å². The smallest absolute Gasteiger partial charge is 0.305 e. The zero-order valence-electron chi connectivity index (χ0n) is 16.3. The molecule has 2 aromatic rings. The Hall–Kier alpha value is -2.34. The lowest BCUT2D eigenvalue weighted by atomic mass is 9.91. The lowest BCUT2D eigenvalue weighted by molar-refractivity contribution is -0.244. The molecule has 0 radical (unpaired) electrons. The van der Waals surface area contributed by atoms with Gasteiger partial charge in [0.1, 0.15) is 5.75 Å². The molecule has 3 atom stereocenters. The molecule has 1 saturated heterocycles. The highest BCUT2D eigenvalue weighted by atomic mass is 35.5. The molecule has 0 amide bonds. The van der Waals surface area contributed by atoms with Crippen molar-refractivity contribution in [1.29, 1.82) is 0 Å². The van der Waals surface area contributed by atoms with E-state index in [1.165, 1.54) is 7.11 Å². The second-order valence-electron chi connectivity index (χ2n) is 6.88. The lowest BCUT2D eigenvalue weighted by Gasteiger charge is -2.37. The highest BCUT2D eigenvalue weighted by Gasteiger charge is 2.35. The van der Waals surface area contributed by atoms with Crippen molar-refractivity contribution in [3.8, 4) is 5.75 Å². The van der Waals surface area contributed by atoms with E-state index >= 15 is 0 Å². The number of para-hydroxylation sites is 1. The van der Waals surface area contributed by atoms with Crippen LogP contribution in [-0.4, -0.2) is 24.8 Å². The number of aromatic hydroxyl groups is 1. The molecule has 1 fully saturated rings.